The van der Waals surface area contributed by atoms with E-state index >= 15 is 0 Å². The summed E-state index contributed by atoms with van der Waals surface area (Å²) < 4.78 is 16.3. The molecule has 6 rings (SSSR count). The van der Waals surface area contributed by atoms with Crippen molar-refractivity contribution in [3.63, 3.8) is 0 Å². The monoisotopic (exact) mass is 602 g/mol. The van der Waals surface area contributed by atoms with Gasteiger partial charge in [0.2, 0.25) is 0 Å². The Morgan fingerprint density at radius 3 is 2.48 bits per heavy atom. The molecule has 0 fully saturated rings. The van der Waals surface area contributed by atoms with Crippen LogP contribution >= 0.6 is 11.6 Å². The van der Waals surface area contributed by atoms with Gasteiger partial charge in [-0.1, -0.05) is 35.9 Å². The molecule has 2 heterocycles. The number of carbonyl (C=O) groups is 2. The Kier molecular flexibility index (Phi) is 7.56. The number of aromatic carboxylic acids is 1. The summed E-state index contributed by atoms with van der Waals surface area (Å²) in [4.78, 5) is 30.0. The Labute approximate surface area is 256 Å². The maximum Gasteiger partial charge on any atom is 0.335 e. The predicted molar refractivity (Wildman–Crippen MR) is 167 cm³/mol. The molecule has 0 aliphatic carbocycles. The Morgan fingerprint density at radius 2 is 1.73 bits per heavy atom. The molecule has 7 nitrogen and oxygen atoms in total. The van der Waals surface area contributed by atoms with E-state index in [0.29, 0.717) is 33.8 Å². The fraction of sp³-hybridized carbons (Fsp3) is 0.0857. The fourth-order valence-electron chi connectivity index (χ4n) is 5.31. The van der Waals surface area contributed by atoms with Crippen molar-refractivity contribution in [3.8, 4) is 17.2 Å². The zero-order chi connectivity index (χ0) is 31.0. The van der Waals surface area contributed by atoms with Crippen molar-refractivity contribution < 1.29 is 19.1 Å². The van der Waals surface area contributed by atoms with Gasteiger partial charge in [-0.3, -0.25) is 9.78 Å². The van der Waals surface area contributed by atoms with Crippen LogP contribution in [0.2, 0.25) is 5.02 Å². The summed E-state index contributed by atoms with van der Waals surface area (Å²) in [5.74, 6) is -1.96. The van der Waals surface area contributed by atoms with Crippen LogP contribution in [0.25, 0.3) is 32.9 Å². The molecule has 6 aromatic rings. The molecular weight excluding hydrogens is 579 g/mol. The molecule has 9 heteroatoms. The average Bonchev–Trinajstić information content (AvgIpc) is 3.42. The number of carbonyl (C=O) groups excluding carboxylic acids is 1. The van der Waals surface area contributed by atoms with Gasteiger partial charge in [0.1, 0.15) is 5.82 Å². The molecule has 0 aliphatic rings. The van der Waals surface area contributed by atoms with Gasteiger partial charge in [0.15, 0.2) is 0 Å². The minimum atomic E-state index is -1.03. The third-order valence-corrected chi connectivity index (χ3v) is 7.75. The molecule has 0 bridgehead atoms. The topological polar surface area (TPSA) is 108 Å². The Hall–Kier alpha value is -5.52. The first-order chi connectivity index (χ1) is 21.2. The number of nitriles is 1. The van der Waals surface area contributed by atoms with Crippen LogP contribution in [0, 0.1) is 17.1 Å². The first-order valence-electron chi connectivity index (χ1n) is 13.7. The molecule has 0 unspecified atom stereocenters. The van der Waals surface area contributed by atoms with Gasteiger partial charge in [-0.2, -0.15) is 5.26 Å². The molecule has 2 aromatic heterocycles. The number of halogens is 2. The number of hydrogen-bond donors (Lipinski definition) is 2. The number of nitrogens with zero attached hydrogens (tertiary/aromatic N) is 3. The van der Waals surface area contributed by atoms with E-state index < -0.39 is 17.8 Å². The van der Waals surface area contributed by atoms with Crippen molar-refractivity contribution in [2.24, 2.45) is 0 Å². The van der Waals surface area contributed by atoms with Crippen LogP contribution in [0.5, 0.6) is 0 Å². The number of nitrogens with one attached hydrogen (secondary N) is 1. The molecule has 0 spiro atoms. The molecule has 44 heavy (non-hydrogen) atoms. The lowest BCUT2D eigenvalue weighted by Crippen LogP contribution is -2.27. The van der Waals surface area contributed by atoms with Crippen molar-refractivity contribution in [1.29, 1.82) is 5.26 Å². The molecule has 0 aliphatic heterocycles. The van der Waals surface area contributed by atoms with Crippen molar-refractivity contribution in [3.05, 3.63) is 136 Å². The quantitative estimate of drug-likeness (QED) is 0.194. The first kappa shape index (κ1) is 28.6. The lowest BCUT2D eigenvalue weighted by molar-refractivity contribution is 0.0696. The normalized spacial score (nSPS) is 11.8. The minimum Gasteiger partial charge on any atom is -0.478 e. The average molecular weight is 603 g/mol. The molecule has 2 N–H and O–H groups in total. The molecule has 1 atom stereocenters. The number of fused-ring (bicyclic) bond motifs is 2. The van der Waals surface area contributed by atoms with Gasteiger partial charge in [-0.15, -0.1) is 0 Å². The lowest BCUT2D eigenvalue weighted by Gasteiger charge is -2.17. The summed E-state index contributed by atoms with van der Waals surface area (Å²) in [5, 5.41) is 23.9. The third kappa shape index (κ3) is 5.74. The maximum atomic E-state index is 14.4. The molecule has 0 radical (unpaired) electrons. The summed E-state index contributed by atoms with van der Waals surface area (Å²) >= 11 is 6.19. The van der Waals surface area contributed by atoms with Gasteiger partial charge in [-0.25, -0.2) is 9.18 Å². The highest BCUT2D eigenvalue weighted by Crippen LogP contribution is 2.31. The summed E-state index contributed by atoms with van der Waals surface area (Å²) in [7, 11) is 0. The van der Waals surface area contributed by atoms with Crippen molar-refractivity contribution >= 4 is 45.3 Å². The largest absolute Gasteiger partial charge is 0.478 e. The Bertz CT molecular complexity index is 2130. The first-order valence-corrected chi connectivity index (χ1v) is 14.1. The van der Waals surface area contributed by atoms with Gasteiger partial charge in [0, 0.05) is 22.0 Å². The number of pyridine rings is 1. The van der Waals surface area contributed by atoms with E-state index in [9.17, 15) is 24.3 Å². The molecule has 0 saturated carbocycles. The number of benzene rings is 4. The number of rotatable bonds is 7. The van der Waals surface area contributed by atoms with Crippen LogP contribution in [0.3, 0.4) is 0 Å². The molecular formula is C35H24ClFN4O3. The molecule has 216 valence electrons. The van der Waals surface area contributed by atoms with Gasteiger partial charge in [0.05, 0.1) is 52.1 Å². The number of carboxylic acid groups (broad SMARTS) is 1. The Morgan fingerprint density at radius 1 is 0.977 bits per heavy atom. The molecule has 1 amide bonds. The zero-order valence-corrected chi connectivity index (χ0v) is 24.1. The maximum absolute atomic E-state index is 14.4. The van der Waals surface area contributed by atoms with Crippen molar-refractivity contribution in [1.82, 2.24) is 14.9 Å². The van der Waals surface area contributed by atoms with Gasteiger partial charge in [-0.05, 0) is 90.3 Å². The van der Waals surface area contributed by atoms with E-state index in [1.807, 2.05) is 60.2 Å². The van der Waals surface area contributed by atoms with Crippen molar-refractivity contribution in [2.75, 3.05) is 0 Å². The van der Waals surface area contributed by atoms with E-state index in [0.717, 1.165) is 33.6 Å². The predicted octanol–water partition coefficient (Wildman–Crippen LogP) is 7.76. The second-order valence-electron chi connectivity index (χ2n) is 10.5. The van der Waals surface area contributed by atoms with Crippen LogP contribution in [0.15, 0.2) is 97.2 Å². The van der Waals surface area contributed by atoms with Crippen LogP contribution in [0.4, 0.5) is 4.39 Å². The smallest absolute Gasteiger partial charge is 0.335 e. The summed E-state index contributed by atoms with van der Waals surface area (Å²) in [6.45, 7) is 2.18. The number of amides is 1. The summed E-state index contributed by atoms with van der Waals surface area (Å²) in [5.41, 5.74) is 4.63. The highest BCUT2D eigenvalue weighted by Gasteiger charge is 2.20. The fourth-order valence-corrected chi connectivity index (χ4v) is 5.48. The van der Waals surface area contributed by atoms with Crippen LogP contribution < -0.4 is 5.32 Å². The molecule has 0 saturated heterocycles. The van der Waals surface area contributed by atoms with Crippen LogP contribution in [0.1, 0.15) is 50.5 Å². The van der Waals surface area contributed by atoms with Gasteiger partial charge < -0.3 is 15.0 Å². The molecule has 4 aromatic carbocycles. The number of aromatic nitrogens is 2. The Balaban J connectivity index is 1.43. The van der Waals surface area contributed by atoms with E-state index in [-0.39, 0.29) is 17.0 Å². The lowest BCUT2D eigenvalue weighted by atomic mass is 9.98. The third-order valence-electron chi connectivity index (χ3n) is 7.51. The zero-order valence-electron chi connectivity index (χ0n) is 23.4. The van der Waals surface area contributed by atoms with E-state index in [4.69, 9.17) is 16.6 Å². The summed E-state index contributed by atoms with van der Waals surface area (Å²) in [6.07, 6.45) is 1.87. The van der Waals surface area contributed by atoms with Gasteiger partial charge >= 0.3 is 5.97 Å². The second kappa shape index (κ2) is 11.6. The number of hydrogen-bond acceptors (Lipinski definition) is 4. The SMILES string of the molecule is C[C@H](NC(=O)c1cc(-c2cc(F)cc(C#N)c2)cc2ccn(Cc3ccc4ccc(Cl)cc4n3)c12)c1ccc(C(=O)O)cc1. The summed E-state index contributed by atoms with van der Waals surface area (Å²) in [6, 6.07) is 26.8. The van der Waals surface area contributed by atoms with E-state index in [1.54, 1.807) is 30.3 Å². The highest BCUT2D eigenvalue weighted by molar-refractivity contribution is 6.31. The standard InChI is InChI=1S/C35H24ClFN4O3/c1-20(22-2-4-24(5-3-22)35(43)44)39-34(42)31-16-27(26-12-21(18-38)13-29(37)15-26)14-25-10-11-41(33(25)31)19-30-9-7-23-6-8-28(36)17-32(23)40-30/h2-17,20H,19H2,1H3,(H,39,42)(H,43,44)/t20-/m0/s1. The highest BCUT2D eigenvalue weighted by atomic mass is 35.5. The van der Waals surface area contributed by atoms with Crippen LogP contribution in [-0.2, 0) is 6.54 Å². The van der Waals surface area contributed by atoms with E-state index in [2.05, 4.69) is 5.32 Å². The minimum absolute atomic E-state index is 0.149. The van der Waals surface area contributed by atoms with Crippen LogP contribution in [-0.4, -0.2) is 26.5 Å². The number of carboxylic acids is 1. The van der Waals surface area contributed by atoms with Crippen molar-refractivity contribution in [2.45, 2.75) is 19.5 Å². The second-order valence-corrected chi connectivity index (χ2v) is 10.9. The van der Waals surface area contributed by atoms with Gasteiger partial charge in [0.25, 0.3) is 5.91 Å². The van der Waals surface area contributed by atoms with E-state index in [1.165, 1.54) is 18.2 Å².